The van der Waals surface area contributed by atoms with Crippen molar-refractivity contribution in [1.29, 1.82) is 0 Å². The van der Waals surface area contributed by atoms with Gasteiger partial charge < -0.3 is 5.73 Å². The van der Waals surface area contributed by atoms with E-state index in [0.29, 0.717) is 23.3 Å². The van der Waals surface area contributed by atoms with E-state index < -0.39 is 0 Å². The van der Waals surface area contributed by atoms with E-state index >= 15 is 0 Å². The van der Waals surface area contributed by atoms with Crippen LogP contribution in [0.5, 0.6) is 0 Å². The summed E-state index contributed by atoms with van der Waals surface area (Å²) in [4.78, 5) is 8.46. The van der Waals surface area contributed by atoms with Crippen LogP contribution in [0, 0.1) is 0 Å². The number of anilines is 1. The van der Waals surface area contributed by atoms with Gasteiger partial charge in [0, 0.05) is 11.8 Å². The number of H-pyrrole nitrogens is 1. The van der Waals surface area contributed by atoms with Crippen molar-refractivity contribution in [3.8, 4) is 11.5 Å². The van der Waals surface area contributed by atoms with Crippen molar-refractivity contribution < 1.29 is 0 Å². The van der Waals surface area contributed by atoms with Gasteiger partial charge in [0.25, 0.3) is 0 Å². The summed E-state index contributed by atoms with van der Waals surface area (Å²) in [5, 5.41) is 10.1. The van der Waals surface area contributed by atoms with Gasteiger partial charge in [0.1, 0.15) is 11.5 Å². The van der Waals surface area contributed by atoms with Crippen LogP contribution in [0.25, 0.3) is 11.5 Å². The average molecular weight is 204 g/mol. The predicted octanol–water partition coefficient (Wildman–Crippen LogP) is 0.967. The number of nitrogens with two attached hydrogens (primary N) is 1. The monoisotopic (exact) mass is 204 g/mol. The van der Waals surface area contributed by atoms with Crippen LogP contribution < -0.4 is 5.73 Å². The third-order valence-corrected chi connectivity index (χ3v) is 2.00. The molecule has 0 aromatic carbocycles. The molecule has 0 aliphatic rings. The van der Waals surface area contributed by atoms with Crippen molar-refractivity contribution in [3.05, 3.63) is 18.0 Å². The minimum absolute atomic E-state index is 0.306. The fourth-order valence-corrected chi connectivity index (χ4v) is 1.21. The molecule has 0 atom stereocenters. The summed E-state index contributed by atoms with van der Waals surface area (Å²) < 4.78 is 0. The van der Waals surface area contributed by atoms with Gasteiger partial charge in [0.15, 0.2) is 5.82 Å². The molecule has 0 saturated heterocycles. The lowest BCUT2D eigenvalue weighted by atomic mass is 10.1. The molecular weight excluding hydrogens is 192 g/mol. The maximum atomic E-state index is 5.69. The molecule has 6 heteroatoms. The fraction of sp³-hybridized carbons (Fsp3) is 0.333. The van der Waals surface area contributed by atoms with Gasteiger partial charge in [0.2, 0.25) is 0 Å². The van der Waals surface area contributed by atoms with Crippen molar-refractivity contribution in [2.75, 3.05) is 5.73 Å². The minimum atomic E-state index is 0.306. The Morgan fingerprint density at radius 3 is 2.73 bits per heavy atom. The quantitative estimate of drug-likeness (QED) is 0.760. The molecule has 2 aromatic rings. The van der Waals surface area contributed by atoms with Gasteiger partial charge in [-0.2, -0.15) is 15.4 Å². The number of hydrogen-bond donors (Lipinski definition) is 2. The third kappa shape index (κ3) is 1.93. The summed E-state index contributed by atoms with van der Waals surface area (Å²) in [6.07, 6.45) is 1.57. The van der Waals surface area contributed by atoms with Crippen LogP contribution in [0.1, 0.15) is 25.5 Å². The summed E-state index contributed by atoms with van der Waals surface area (Å²) in [6, 6.07) is 1.77. The zero-order chi connectivity index (χ0) is 10.8. The second kappa shape index (κ2) is 3.64. The largest absolute Gasteiger partial charge is 0.384 e. The molecule has 0 bridgehead atoms. The zero-order valence-electron chi connectivity index (χ0n) is 8.60. The number of nitrogens with zero attached hydrogens (tertiary/aromatic N) is 4. The van der Waals surface area contributed by atoms with Gasteiger partial charge in [-0.25, -0.2) is 9.97 Å². The van der Waals surface area contributed by atoms with E-state index in [1.54, 1.807) is 12.3 Å². The fourth-order valence-electron chi connectivity index (χ4n) is 1.21. The molecule has 0 saturated carbocycles. The summed E-state index contributed by atoms with van der Waals surface area (Å²) in [7, 11) is 0. The predicted molar refractivity (Wildman–Crippen MR) is 55.9 cm³/mol. The Morgan fingerprint density at radius 2 is 2.13 bits per heavy atom. The Labute approximate surface area is 86.9 Å². The SMILES string of the molecule is CC(C)c1cc(N)nc(-c2cn[nH]n2)n1. The minimum Gasteiger partial charge on any atom is -0.384 e. The molecule has 3 N–H and O–H groups in total. The molecule has 0 radical (unpaired) electrons. The molecule has 0 spiro atoms. The molecule has 78 valence electrons. The van der Waals surface area contributed by atoms with Crippen molar-refractivity contribution in [1.82, 2.24) is 25.4 Å². The first-order valence-electron chi connectivity index (χ1n) is 4.67. The molecule has 0 fully saturated rings. The van der Waals surface area contributed by atoms with E-state index in [2.05, 4.69) is 25.4 Å². The van der Waals surface area contributed by atoms with E-state index in [1.165, 1.54) is 0 Å². The maximum Gasteiger partial charge on any atom is 0.183 e. The number of rotatable bonds is 2. The van der Waals surface area contributed by atoms with Crippen LogP contribution >= 0.6 is 0 Å². The Balaban J connectivity index is 2.49. The highest BCUT2D eigenvalue weighted by Crippen LogP contribution is 2.18. The van der Waals surface area contributed by atoms with Crippen LogP contribution in [0.4, 0.5) is 5.82 Å². The lowest BCUT2D eigenvalue weighted by Gasteiger charge is -2.06. The van der Waals surface area contributed by atoms with E-state index in [0.717, 1.165) is 5.69 Å². The Bertz CT molecular complexity index is 448. The van der Waals surface area contributed by atoms with Crippen LogP contribution in [0.15, 0.2) is 12.3 Å². The number of aromatic amines is 1. The van der Waals surface area contributed by atoms with Gasteiger partial charge in [-0.15, -0.1) is 0 Å². The average Bonchev–Trinajstić information content (AvgIpc) is 2.69. The highest BCUT2D eigenvalue weighted by Gasteiger charge is 2.09. The summed E-state index contributed by atoms with van der Waals surface area (Å²) in [5.41, 5.74) is 7.20. The molecule has 6 nitrogen and oxygen atoms in total. The maximum absolute atomic E-state index is 5.69. The summed E-state index contributed by atoms with van der Waals surface area (Å²) in [6.45, 7) is 4.10. The first kappa shape index (κ1) is 9.57. The first-order valence-corrected chi connectivity index (χ1v) is 4.67. The molecule has 15 heavy (non-hydrogen) atoms. The van der Waals surface area contributed by atoms with Gasteiger partial charge in [0.05, 0.1) is 6.20 Å². The molecule has 0 aliphatic heterocycles. The van der Waals surface area contributed by atoms with E-state index in [4.69, 9.17) is 5.73 Å². The van der Waals surface area contributed by atoms with Crippen LogP contribution in [0.3, 0.4) is 0 Å². The lowest BCUT2D eigenvalue weighted by molar-refractivity contribution is 0.816. The van der Waals surface area contributed by atoms with Crippen molar-refractivity contribution in [3.63, 3.8) is 0 Å². The van der Waals surface area contributed by atoms with E-state index in [-0.39, 0.29) is 0 Å². The van der Waals surface area contributed by atoms with E-state index in [9.17, 15) is 0 Å². The molecule has 0 amide bonds. The normalized spacial score (nSPS) is 10.9. The number of hydrogen-bond acceptors (Lipinski definition) is 5. The highest BCUT2D eigenvalue weighted by atomic mass is 15.3. The van der Waals surface area contributed by atoms with Crippen molar-refractivity contribution in [2.45, 2.75) is 19.8 Å². The molecule has 2 aromatic heterocycles. The smallest absolute Gasteiger partial charge is 0.183 e. The first-order chi connectivity index (χ1) is 7.16. The third-order valence-electron chi connectivity index (χ3n) is 2.00. The Hall–Kier alpha value is -1.98. The highest BCUT2D eigenvalue weighted by molar-refractivity contribution is 5.50. The molecule has 0 unspecified atom stereocenters. The van der Waals surface area contributed by atoms with Gasteiger partial charge in [-0.05, 0) is 5.92 Å². The van der Waals surface area contributed by atoms with Crippen LogP contribution in [-0.2, 0) is 0 Å². The van der Waals surface area contributed by atoms with Gasteiger partial charge in [-0.1, -0.05) is 13.8 Å². The zero-order valence-corrected chi connectivity index (χ0v) is 8.60. The van der Waals surface area contributed by atoms with Crippen LogP contribution in [0.2, 0.25) is 0 Å². The molecule has 0 aliphatic carbocycles. The molecule has 2 heterocycles. The van der Waals surface area contributed by atoms with Gasteiger partial charge >= 0.3 is 0 Å². The molecular formula is C9H12N6. The van der Waals surface area contributed by atoms with E-state index in [1.807, 2.05) is 13.8 Å². The summed E-state index contributed by atoms with van der Waals surface area (Å²) >= 11 is 0. The second-order valence-corrected chi connectivity index (χ2v) is 3.55. The number of nitrogens with one attached hydrogen (secondary N) is 1. The summed E-state index contributed by atoms with van der Waals surface area (Å²) in [5.74, 6) is 1.26. The lowest BCUT2D eigenvalue weighted by Crippen LogP contribution is -2.01. The van der Waals surface area contributed by atoms with Gasteiger partial charge in [-0.3, -0.25) is 0 Å². The Kier molecular flexibility index (Phi) is 2.32. The second-order valence-electron chi connectivity index (χ2n) is 3.55. The number of aromatic nitrogens is 5. The van der Waals surface area contributed by atoms with Crippen molar-refractivity contribution >= 4 is 5.82 Å². The topological polar surface area (TPSA) is 93.4 Å². The Morgan fingerprint density at radius 1 is 1.33 bits per heavy atom. The van der Waals surface area contributed by atoms with Crippen LogP contribution in [-0.4, -0.2) is 25.4 Å². The molecule has 2 rings (SSSR count). The van der Waals surface area contributed by atoms with Crippen molar-refractivity contribution in [2.24, 2.45) is 0 Å². The number of nitrogen functional groups attached to an aromatic ring is 1. The standard InChI is InChI=1S/C9H12N6/c1-5(2)6-3-8(10)13-9(12-6)7-4-11-15-14-7/h3-5H,1-2H3,(H2,10,12,13)(H,11,14,15).